The molecule has 2 N–H and O–H groups in total. The van der Waals surface area contributed by atoms with Gasteiger partial charge in [0.15, 0.2) is 0 Å². The Balaban J connectivity index is 1.20. The van der Waals surface area contributed by atoms with Gasteiger partial charge in [-0.15, -0.1) is 0 Å². The average Bonchev–Trinajstić information content (AvgIpc) is 3.30. The number of amides is 3. The Morgan fingerprint density at radius 1 is 0.864 bits per heavy atom. The van der Waals surface area contributed by atoms with Crippen LogP contribution < -0.4 is 10.2 Å². The minimum atomic E-state index is -3.98. The molecule has 3 aromatic carbocycles. The van der Waals surface area contributed by atoms with Gasteiger partial charge in [0.2, 0.25) is 15.9 Å². The fraction of sp³-hybridized carbons (Fsp3) is 0.333. The van der Waals surface area contributed by atoms with Gasteiger partial charge >= 0.3 is 5.97 Å². The zero-order valence-corrected chi connectivity index (χ0v) is 25.2. The van der Waals surface area contributed by atoms with Crippen molar-refractivity contribution in [3.8, 4) is 0 Å². The summed E-state index contributed by atoms with van der Waals surface area (Å²) >= 11 is 0. The summed E-state index contributed by atoms with van der Waals surface area (Å²) in [5.74, 6) is -2.91. The van der Waals surface area contributed by atoms with Crippen molar-refractivity contribution in [3.63, 3.8) is 0 Å². The summed E-state index contributed by atoms with van der Waals surface area (Å²) in [5.41, 5.74) is 3.10. The van der Waals surface area contributed by atoms with Gasteiger partial charge in [-0.1, -0.05) is 42.5 Å². The minimum absolute atomic E-state index is 0.0755. The molecule has 2 bridgehead atoms. The van der Waals surface area contributed by atoms with E-state index in [9.17, 15) is 32.7 Å². The van der Waals surface area contributed by atoms with Crippen molar-refractivity contribution in [2.24, 2.45) is 5.92 Å². The number of aliphatic carboxylic acids is 1. The number of carboxylic acid groups (broad SMARTS) is 1. The van der Waals surface area contributed by atoms with E-state index in [1.165, 1.54) is 16.4 Å². The van der Waals surface area contributed by atoms with E-state index in [4.69, 9.17) is 0 Å². The number of anilines is 1. The highest BCUT2D eigenvalue weighted by molar-refractivity contribution is 7.89. The van der Waals surface area contributed by atoms with Crippen molar-refractivity contribution in [2.45, 2.75) is 69.0 Å². The fourth-order valence-electron chi connectivity index (χ4n) is 6.88. The van der Waals surface area contributed by atoms with Crippen LogP contribution >= 0.6 is 0 Å². The van der Waals surface area contributed by atoms with Crippen molar-refractivity contribution in [1.82, 2.24) is 9.62 Å². The number of aryl methyl sites for hydroxylation is 2. The van der Waals surface area contributed by atoms with Crippen LogP contribution in [0, 0.1) is 19.8 Å². The minimum Gasteiger partial charge on any atom is -0.480 e. The molecule has 228 valence electrons. The summed E-state index contributed by atoms with van der Waals surface area (Å²) in [4.78, 5) is 53.5. The predicted octanol–water partition coefficient (Wildman–Crippen LogP) is 3.85. The Hall–Kier alpha value is -4.35. The second-order valence-corrected chi connectivity index (χ2v) is 13.7. The molecule has 3 fully saturated rings. The molecule has 7 rings (SSSR count). The first-order valence-corrected chi connectivity index (χ1v) is 16.1. The third-order valence-corrected chi connectivity index (χ3v) is 11.1. The number of nitrogens with one attached hydrogen (secondary N) is 1. The van der Waals surface area contributed by atoms with Crippen LogP contribution in [0.5, 0.6) is 0 Å². The Morgan fingerprint density at radius 3 is 1.98 bits per heavy atom. The molecule has 3 aliphatic heterocycles. The Bertz CT molecular complexity index is 1720. The number of carbonyl (C=O) groups excluding carboxylic acids is 3. The highest BCUT2D eigenvalue weighted by Crippen LogP contribution is 2.43. The molecule has 3 aromatic rings. The number of carbonyl (C=O) groups is 4. The van der Waals surface area contributed by atoms with E-state index in [1.54, 1.807) is 68.4 Å². The normalized spacial score (nSPS) is 22.1. The van der Waals surface area contributed by atoms with Crippen LogP contribution in [-0.2, 0) is 26.0 Å². The molecule has 0 spiro atoms. The molecule has 1 saturated carbocycles. The first-order chi connectivity index (χ1) is 21.0. The van der Waals surface area contributed by atoms with E-state index >= 15 is 0 Å². The van der Waals surface area contributed by atoms with Crippen molar-refractivity contribution in [3.05, 3.63) is 94.5 Å². The molecule has 11 heteroatoms. The number of imide groups is 1. The van der Waals surface area contributed by atoms with Crippen LogP contribution in [0.4, 0.5) is 5.69 Å². The van der Waals surface area contributed by atoms with Gasteiger partial charge in [0, 0.05) is 12.5 Å². The smallest absolute Gasteiger partial charge is 0.326 e. The third kappa shape index (κ3) is 4.99. The van der Waals surface area contributed by atoms with Gasteiger partial charge in [-0.05, 0) is 86.4 Å². The molecular weight excluding hydrogens is 582 g/mol. The lowest BCUT2D eigenvalue weighted by Crippen LogP contribution is -2.63. The Kier molecular flexibility index (Phi) is 7.63. The monoisotopic (exact) mass is 615 g/mol. The molecule has 1 aliphatic carbocycles. The summed E-state index contributed by atoms with van der Waals surface area (Å²) in [7, 11) is -3.98. The van der Waals surface area contributed by atoms with Gasteiger partial charge in [-0.25, -0.2) is 18.1 Å². The molecule has 4 aliphatic rings. The van der Waals surface area contributed by atoms with E-state index in [-0.39, 0.29) is 23.3 Å². The molecule has 10 nitrogen and oxygen atoms in total. The number of sulfonamides is 1. The second-order valence-electron chi connectivity index (χ2n) is 11.8. The van der Waals surface area contributed by atoms with E-state index in [0.29, 0.717) is 59.2 Å². The van der Waals surface area contributed by atoms with Crippen molar-refractivity contribution >= 4 is 39.4 Å². The zero-order valence-electron chi connectivity index (χ0n) is 24.4. The molecule has 0 radical (unpaired) electrons. The molecule has 44 heavy (non-hydrogen) atoms. The lowest BCUT2D eigenvalue weighted by Gasteiger charge is -2.49. The molecule has 0 aromatic heterocycles. The number of carboxylic acids is 1. The Morgan fingerprint density at radius 2 is 1.43 bits per heavy atom. The number of rotatable bonds is 8. The first-order valence-electron chi connectivity index (χ1n) is 14.7. The van der Waals surface area contributed by atoms with E-state index in [1.807, 2.05) is 0 Å². The van der Waals surface area contributed by atoms with E-state index < -0.39 is 45.8 Å². The third-order valence-electron chi connectivity index (χ3n) is 9.11. The molecule has 2 atom stereocenters. The largest absolute Gasteiger partial charge is 0.480 e. The summed E-state index contributed by atoms with van der Waals surface area (Å²) < 4.78 is 28.7. The Labute approximate surface area is 255 Å². The van der Waals surface area contributed by atoms with E-state index in [2.05, 4.69) is 5.32 Å². The maximum Gasteiger partial charge on any atom is 0.326 e. The summed E-state index contributed by atoms with van der Waals surface area (Å²) in [6.07, 6.45) is 2.62. The molecule has 3 amide bonds. The quantitative estimate of drug-likeness (QED) is 0.367. The van der Waals surface area contributed by atoms with Crippen LogP contribution in [0.3, 0.4) is 0 Å². The summed E-state index contributed by atoms with van der Waals surface area (Å²) in [6.45, 7) is 3.57. The summed E-state index contributed by atoms with van der Waals surface area (Å²) in [5, 5.41) is 12.6. The van der Waals surface area contributed by atoms with Crippen molar-refractivity contribution in [2.75, 3.05) is 4.90 Å². The molecule has 2 saturated heterocycles. The fourth-order valence-corrected chi connectivity index (χ4v) is 8.80. The highest BCUT2D eigenvalue weighted by atomic mass is 32.2. The van der Waals surface area contributed by atoms with Crippen LogP contribution in [0.15, 0.2) is 71.6 Å². The number of hydrogen-bond donors (Lipinski definition) is 2. The lowest BCUT2D eigenvalue weighted by molar-refractivity contribution is -0.143. The number of hydrogen-bond acceptors (Lipinski definition) is 6. The van der Waals surface area contributed by atoms with Crippen molar-refractivity contribution in [1.29, 1.82) is 0 Å². The van der Waals surface area contributed by atoms with Crippen LogP contribution in [0.1, 0.15) is 63.1 Å². The van der Waals surface area contributed by atoms with Crippen LogP contribution in [0.25, 0.3) is 0 Å². The number of piperidine rings is 2. The van der Waals surface area contributed by atoms with Crippen molar-refractivity contribution < 1.29 is 32.7 Å². The predicted molar refractivity (Wildman–Crippen MR) is 162 cm³/mol. The van der Waals surface area contributed by atoms with Gasteiger partial charge in [-0.2, -0.15) is 4.31 Å². The topological polar surface area (TPSA) is 141 Å². The maximum absolute atomic E-state index is 13.7. The molecule has 2 unspecified atom stereocenters. The molecule has 3 heterocycles. The highest BCUT2D eigenvalue weighted by Gasteiger charge is 2.51. The molecular formula is C33H33N3O7S. The SMILES string of the molecule is Cc1ccc(C)c2c1C(=O)N(c1ccc(CC(NC(=O)C3C4CCC(CC4)N3S(=O)(=O)c3ccccc3)C(=O)O)cc1)C2=O. The van der Waals surface area contributed by atoms with Gasteiger partial charge < -0.3 is 10.4 Å². The lowest BCUT2D eigenvalue weighted by atomic mass is 9.76. The number of fused-ring (bicyclic) bond motifs is 4. The van der Waals surface area contributed by atoms with Gasteiger partial charge in [0.05, 0.1) is 21.7 Å². The van der Waals surface area contributed by atoms with E-state index in [0.717, 1.165) is 4.90 Å². The van der Waals surface area contributed by atoms with Gasteiger partial charge in [-0.3, -0.25) is 14.4 Å². The average molecular weight is 616 g/mol. The number of benzene rings is 3. The van der Waals surface area contributed by atoms with Gasteiger partial charge in [0.25, 0.3) is 11.8 Å². The van der Waals surface area contributed by atoms with Gasteiger partial charge in [0.1, 0.15) is 12.1 Å². The second kappa shape index (κ2) is 11.3. The first kappa shape index (κ1) is 29.7. The maximum atomic E-state index is 13.7. The summed E-state index contributed by atoms with van der Waals surface area (Å²) in [6, 6.07) is 15.3. The standard InChI is InChI=1S/C33H33N3O7S/c1-19-8-9-20(2)28-27(19)31(38)35(32(28)39)23-14-10-21(11-15-23)18-26(33(40)41)34-30(37)29-22-12-16-24(17-13-22)36(29)44(42,43)25-6-4-3-5-7-25/h3-11,14-15,22,24,26,29H,12-13,16-18H2,1-2H3,(H,34,37)(H,40,41). The van der Waals surface area contributed by atoms with Crippen LogP contribution in [0.2, 0.25) is 0 Å². The number of nitrogens with zero attached hydrogens (tertiary/aromatic N) is 2. The van der Waals surface area contributed by atoms with Crippen LogP contribution in [-0.4, -0.2) is 59.6 Å². The zero-order chi connectivity index (χ0) is 31.3.